The lowest BCUT2D eigenvalue weighted by Gasteiger charge is -2.02. The summed E-state index contributed by atoms with van der Waals surface area (Å²) in [6.07, 6.45) is 3.40. The number of rotatable bonds is 4. The Hall–Kier alpha value is -1.19. The molecule has 0 aromatic carbocycles. The molecule has 0 fully saturated rings. The minimum atomic E-state index is -0.121. The van der Waals surface area contributed by atoms with Crippen molar-refractivity contribution in [1.29, 1.82) is 0 Å². The summed E-state index contributed by atoms with van der Waals surface area (Å²) in [4.78, 5) is 10.8. The van der Waals surface area contributed by atoms with E-state index in [0.29, 0.717) is 5.82 Å². The van der Waals surface area contributed by atoms with Crippen molar-refractivity contribution in [3.63, 3.8) is 0 Å². The van der Waals surface area contributed by atoms with Crippen LogP contribution in [0.5, 0.6) is 0 Å². The van der Waals surface area contributed by atoms with Gasteiger partial charge in [0.2, 0.25) is 0 Å². The van der Waals surface area contributed by atoms with Gasteiger partial charge in [0.15, 0.2) is 0 Å². The van der Waals surface area contributed by atoms with Gasteiger partial charge in [-0.2, -0.15) is 0 Å². The Morgan fingerprint density at radius 1 is 1.58 bits per heavy atom. The molecule has 0 atom stereocenters. The van der Waals surface area contributed by atoms with Gasteiger partial charge in [-0.05, 0) is 6.42 Å². The molecule has 1 heterocycles. The molecule has 4 nitrogen and oxygen atoms in total. The zero-order valence-corrected chi connectivity index (χ0v) is 7.34. The topological polar surface area (TPSA) is 63.8 Å². The predicted molar refractivity (Wildman–Crippen MR) is 49.0 cm³/mol. The molecule has 0 spiro atoms. The van der Waals surface area contributed by atoms with Gasteiger partial charge in [-0.15, -0.1) is 0 Å². The Labute approximate surface area is 71.4 Å². The molecular formula is C8H15N3O. The minimum absolute atomic E-state index is 0.121. The van der Waals surface area contributed by atoms with E-state index in [9.17, 15) is 4.79 Å². The number of unbranched alkanes of at least 4 members (excludes halogenated alkanes) is 2. The van der Waals surface area contributed by atoms with Crippen LogP contribution in [0.25, 0.3) is 0 Å². The molecule has 0 unspecified atom stereocenters. The molecule has 1 aromatic heterocycles. The highest BCUT2D eigenvalue weighted by molar-refractivity contribution is 5.25. The highest BCUT2D eigenvalue weighted by atomic mass is 16.1. The first-order valence-electron chi connectivity index (χ1n) is 4.29. The molecular weight excluding hydrogens is 154 g/mol. The molecule has 1 aromatic rings. The highest BCUT2D eigenvalue weighted by Crippen LogP contribution is 2.01. The first kappa shape index (κ1) is 8.90. The molecule has 68 valence electrons. The number of nitrogen functional groups attached to an aromatic ring is 1. The van der Waals surface area contributed by atoms with E-state index in [-0.39, 0.29) is 5.56 Å². The van der Waals surface area contributed by atoms with Gasteiger partial charge in [-0.3, -0.25) is 14.6 Å². The third-order valence-corrected chi connectivity index (χ3v) is 1.82. The van der Waals surface area contributed by atoms with Gasteiger partial charge >= 0.3 is 0 Å². The van der Waals surface area contributed by atoms with Crippen LogP contribution in [-0.2, 0) is 6.54 Å². The van der Waals surface area contributed by atoms with Crippen LogP contribution in [0.4, 0.5) is 5.82 Å². The van der Waals surface area contributed by atoms with Crippen LogP contribution < -0.4 is 11.3 Å². The molecule has 3 N–H and O–H groups in total. The smallest absolute Gasteiger partial charge is 0.266 e. The lowest BCUT2D eigenvalue weighted by molar-refractivity contribution is 0.556. The van der Waals surface area contributed by atoms with E-state index in [1.54, 1.807) is 4.68 Å². The Bertz CT molecular complexity index is 287. The maximum absolute atomic E-state index is 10.8. The molecule has 0 aliphatic rings. The number of anilines is 1. The van der Waals surface area contributed by atoms with Crippen molar-refractivity contribution in [3.05, 3.63) is 16.4 Å². The van der Waals surface area contributed by atoms with Crippen LogP contribution in [0, 0.1) is 0 Å². The quantitative estimate of drug-likeness (QED) is 0.659. The van der Waals surface area contributed by atoms with E-state index in [4.69, 9.17) is 5.73 Å². The molecule has 0 aliphatic heterocycles. The van der Waals surface area contributed by atoms with Gasteiger partial charge in [0.1, 0.15) is 5.82 Å². The van der Waals surface area contributed by atoms with E-state index >= 15 is 0 Å². The molecule has 0 radical (unpaired) electrons. The maximum Gasteiger partial charge on any atom is 0.266 e. The number of nitrogens with two attached hydrogens (primary N) is 1. The number of hydrogen-bond acceptors (Lipinski definition) is 2. The molecule has 0 saturated carbocycles. The molecule has 0 saturated heterocycles. The first-order chi connectivity index (χ1) is 5.74. The summed E-state index contributed by atoms with van der Waals surface area (Å²) in [6.45, 7) is 2.95. The third kappa shape index (κ3) is 2.15. The van der Waals surface area contributed by atoms with Gasteiger partial charge < -0.3 is 5.73 Å². The van der Waals surface area contributed by atoms with Gasteiger partial charge in [-0.1, -0.05) is 19.8 Å². The Kier molecular flexibility index (Phi) is 2.96. The summed E-state index contributed by atoms with van der Waals surface area (Å²) in [5.41, 5.74) is 5.43. The molecule has 1 rings (SSSR count). The van der Waals surface area contributed by atoms with E-state index in [1.807, 2.05) is 0 Å². The number of nitrogens with zero attached hydrogens (tertiary/aromatic N) is 1. The van der Waals surface area contributed by atoms with Crippen LogP contribution in [0.3, 0.4) is 0 Å². The fourth-order valence-corrected chi connectivity index (χ4v) is 1.15. The summed E-state index contributed by atoms with van der Waals surface area (Å²) in [7, 11) is 0. The van der Waals surface area contributed by atoms with E-state index in [0.717, 1.165) is 13.0 Å². The number of hydrogen-bond donors (Lipinski definition) is 2. The Balaban J connectivity index is 2.51. The van der Waals surface area contributed by atoms with E-state index in [2.05, 4.69) is 12.0 Å². The Morgan fingerprint density at radius 3 is 2.83 bits per heavy atom. The van der Waals surface area contributed by atoms with Crippen LogP contribution in [0.1, 0.15) is 26.2 Å². The average molecular weight is 169 g/mol. The van der Waals surface area contributed by atoms with Crippen LogP contribution in [0.2, 0.25) is 0 Å². The molecule has 0 amide bonds. The van der Waals surface area contributed by atoms with Crippen LogP contribution >= 0.6 is 0 Å². The summed E-state index contributed by atoms with van der Waals surface area (Å²) in [6, 6.07) is 1.41. The van der Waals surface area contributed by atoms with Gasteiger partial charge in [0, 0.05) is 12.6 Å². The number of aromatic amines is 1. The van der Waals surface area contributed by atoms with Crippen LogP contribution in [-0.4, -0.2) is 9.78 Å². The standard InChI is InChI=1S/C8H15N3O/c1-2-3-4-5-11-7(9)6-8(12)10-11/h6H,2-5,9H2,1H3,(H,10,12). The van der Waals surface area contributed by atoms with Crippen molar-refractivity contribution >= 4 is 5.82 Å². The van der Waals surface area contributed by atoms with Gasteiger partial charge in [0.05, 0.1) is 0 Å². The van der Waals surface area contributed by atoms with E-state index in [1.165, 1.54) is 18.9 Å². The molecule has 12 heavy (non-hydrogen) atoms. The van der Waals surface area contributed by atoms with E-state index < -0.39 is 0 Å². The van der Waals surface area contributed by atoms with Gasteiger partial charge in [-0.25, -0.2) is 0 Å². The minimum Gasteiger partial charge on any atom is -0.384 e. The monoisotopic (exact) mass is 169 g/mol. The summed E-state index contributed by atoms with van der Waals surface area (Å²) in [5.74, 6) is 0.524. The second kappa shape index (κ2) is 3.99. The Morgan fingerprint density at radius 2 is 2.33 bits per heavy atom. The zero-order chi connectivity index (χ0) is 8.97. The van der Waals surface area contributed by atoms with Crippen molar-refractivity contribution in [3.8, 4) is 0 Å². The zero-order valence-electron chi connectivity index (χ0n) is 7.34. The third-order valence-electron chi connectivity index (χ3n) is 1.82. The normalized spacial score (nSPS) is 10.4. The highest BCUT2D eigenvalue weighted by Gasteiger charge is 1.97. The SMILES string of the molecule is CCCCCn1[nH]c(=O)cc1N. The fraction of sp³-hybridized carbons (Fsp3) is 0.625. The second-order valence-corrected chi connectivity index (χ2v) is 2.90. The summed E-state index contributed by atoms with van der Waals surface area (Å²) in [5, 5.41) is 2.64. The number of aryl methyl sites for hydroxylation is 1. The number of nitrogens with one attached hydrogen (secondary N) is 1. The largest absolute Gasteiger partial charge is 0.384 e. The fourth-order valence-electron chi connectivity index (χ4n) is 1.15. The maximum atomic E-state index is 10.8. The van der Waals surface area contributed by atoms with Crippen molar-refractivity contribution in [2.45, 2.75) is 32.7 Å². The number of aromatic nitrogens is 2. The van der Waals surface area contributed by atoms with Crippen molar-refractivity contribution in [2.24, 2.45) is 0 Å². The molecule has 0 bridgehead atoms. The summed E-state index contributed by atoms with van der Waals surface area (Å²) >= 11 is 0. The van der Waals surface area contributed by atoms with Gasteiger partial charge in [0.25, 0.3) is 5.56 Å². The van der Waals surface area contributed by atoms with Crippen LogP contribution in [0.15, 0.2) is 10.9 Å². The van der Waals surface area contributed by atoms with Crippen molar-refractivity contribution in [1.82, 2.24) is 9.78 Å². The van der Waals surface area contributed by atoms with Crippen molar-refractivity contribution < 1.29 is 0 Å². The summed E-state index contributed by atoms with van der Waals surface area (Å²) < 4.78 is 1.69. The lowest BCUT2D eigenvalue weighted by Crippen LogP contribution is -2.07. The second-order valence-electron chi connectivity index (χ2n) is 2.90. The number of H-pyrrole nitrogens is 1. The molecule has 0 aliphatic carbocycles. The average Bonchev–Trinajstić information content (AvgIpc) is 2.31. The predicted octanol–water partition coefficient (Wildman–Crippen LogP) is 0.949. The first-order valence-corrected chi connectivity index (χ1v) is 4.29. The molecule has 4 heteroatoms. The lowest BCUT2D eigenvalue weighted by atomic mass is 10.2. The van der Waals surface area contributed by atoms with Crippen molar-refractivity contribution in [2.75, 3.05) is 5.73 Å².